The second-order valence-corrected chi connectivity index (χ2v) is 10.7. The molecule has 0 radical (unpaired) electrons. The molecule has 0 saturated heterocycles. The van der Waals surface area contributed by atoms with E-state index in [0.717, 1.165) is 25.6 Å². The zero-order chi connectivity index (χ0) is 25.0. The lowest BCUT2D eigenvalue weighted by Crippen LogP contribution is -2.20. The lowest BCUT2D eigenvalue weighted by atomic mass is 9.97. The van der Waals surface area contributed by atoms with Crippen LogP contribution in [0.2, 0.25) is 0 Å². The SMILES string of the molecule is CCCCC/C=C\C/C=C\CCCCCCCCOCC(CCCCCCCC)CCN(C)C. The van der Waals surface area contributed by atoms with Crippen LogP contribution in [0, 0.1) is 5.92 Å². The van der Waals surface area contributed by atoms with Crippen molar-refractivity contribution in [2.24, 2.45) is 5.92 Å². The maximum absolute atomic E-state index is 6.11. The fraction of sp³-hybridized carbons (Fsp3) is 0.875. The summed E-state index contributed by atoms with van der Waals surface area (Å²) in [6.45, 7) is 7.69. The minimum absolute atomic E-state index is 0.748. The fourth-order valence-corrected chi connectivity index (χ4v) is 4.41. The number of hydrogen-bond donors (Lipinski definition) is 0. The molecular weight excluding hydrogens is 414 g/mol. The van der Waals surface area contributed by atoms with E-state index in [-0.39, 0.29) is 0 Å². The number of rotatable bonds is 27. The summed E-state index contributed by atoms with van der Waals surface area (Å²) >= 11 is 0. The Labute approximate surface area is 216 Å². The van der Waals surface area contributed by atoms with Gasteiger partial charge < -0.3 is 9.64 Å². The molecule has 2 nitrogen and oxygen atoms in total. The Hall–Kier alpha value is -0.600. The summed E-state index contributed by atoms with van der Waals surface area (Å²) in [5, 5.41) is 0. The first kappa shape index (κ1) is 33.4. The van der Waals surface area contributed by atoms with Gasteiger partial charge in [-0.1, -0.05) is 115 Å². The van der Waals surface area contributed by atoms with Crippen LogP contribution in [0.5, 0.6) is 0 Å². The van der Waals surface area contributed by atoms with E-state index < -0.39 is 0 Å². The maximum Gasteiger partial charge on any atom is 0.0494 e. The molecule has 0 aromatic rings. The third kappa shape index (κ3) is 27.6. The smallest absolute Gasteiger partial charge is 0.0494 e. The van der Waals surface area contributed by atoms with Crippen molar-refractivity contribution in [2.75, 3.05) is 33.9 Å². The third-order valence-corrected chi connectivity index (χ3v) is 6.79. The Morgan fingerprint density at radius 2 is 1.12 bits per heavy atom. The second kappa shape index (κ2) is 28.6. The summed E-state index contributed by atoms with van der Waals surface area (Å²) in [7, 11) is 4.37. The molecule has 34 heavy (non-hydrogen) atoms. The van der Waals surface area contributed by atoms with Gasteiger partial charge in [0.05, 0.1) is 0 Å². The highest BCUT2D eigenvalue weighted by molar-refractivity contribution is 4.92. The lowest BCUT2D eigenvalue weighted by molar-refractivity contribution is 0.0860. The van der Waals surface area contributed by atoms with Gasteiger partial charge in [0.15, 0.2) is 0 Å². The summed E-state index contributed by atoms with van der Waals surface area (Å²) in [6, 6.07) is 0. The average molecular weight is 478 g/mol. The van der Waals surface area contributed by atoms with Crippen LogP contribution in [0.15, 0.2) is 24.3 Å². The van der Waals surface area contributed by atoms with Crippen LogP contribution in [0.1, 0.15) is 142 Å². The fourth-order valence-electron chi connectivity index (χ4n) is 4.41. The normalized spacial score (nSPS) is 13.1. The summed E-state index contributed by atoms with van der Waals surface area (Å²) in [5.41, 5.74) is 0. The van der Waals surface area contributed by atoms with Crippen molar-refractivity contribution in [3.8, 4) is 0 Å². The van der Waals surface area contributed by atoms with Crippen molar-refractivity contribution < 1.29 is 4.74 Å². The van der Waals surface area contributed by atoms with Crippen LogP contribution >= 0.6 is 0 Å². The molecule has 0 spiro atoms. The first-order chi connectivity index (χ1) is 16.7. The van der Waals surface area contributed by atoms with Crippen LogP contribution in [0.3, 0.4) is 0 Å². The Bertz CT molecular complexity index is 429. The zero-order valence-electron chi connectivity index (χ0n) is 24.0. The van der Waals surface area contributed by atoms with Crippen LogP contribution in [-0.4, -0.2) is 38.8 Å². The van der Waals surface area contributed by atoms with E-state index in [9.17, 15) is 0 Å². The van der Waals surface area contributed by atoms with Crippen LogP contribution < -0.4 is 0 Å². The minimum atomic E-state index is 0.748. The van der Waals surface area contributed by atoms with Crippen molar-refractivity contribution in [2.45, 2.75) is 142 Å². The molecule has 1 atom stereocenters. The zero-order valence-corrected chi connectivity index (χ0v) is 24.0. The molecule has 0 rings (SSSR count). The molecule has 0 heterocycles. The number of unbranched alkanes of at least 4 members (excludes halogenated alkanes) is 14. The first-order valence-electron chi connectivity index (χ1n) is 15.2. The van der Waals surface area contributed by atoms with Gasteiger partial charge in [-0.05, 0) is 77.9 Å². The van der Waals surface area contributed by atoms with Gasteiger partial charge in [-0.15, -0.1) is 0 Å². The molecule has 2 heteroatoms. The molecule has 0 fully saturated rings. The molecule has 0 aliphatic heterocycles. The summed E-state index contributed by atoms with van der Waals surface area (Å²) < 4.78 is 6.11. The van der Waals surface area contributed by atoms with E-state index in [0.29, 0.717) is 0 Å². The van der Waals surface area contributed by atoms with Crippen molar-refractivity contribution in [1.82, 2.24) is 4.90 Å². The van der Waals surface area contributed by atoms with Crippen molar-refractivity contribution in [3.63, 3.8) is 0 Å². The molecule has 0 amide bonds. The highest BCUT2D eigenvalue weighted by Gasteiger charge is 2.09. The van der Waals surface area contributed by atoms with Gasteiger partial charge in [0, 0.05) is 13.2 Å². The highest BCUT2D eigenvalue weighted by Crippen LogP contribution is 2.17. The maximum atomic E-state index is 6.11. The Morgan fingerprint density at radius 3 is 1.76 bits per heavy atom. The highest BCUT2D eigenvalue weighted by atomic mass is 16.5. The van der Waals surface area contributed by atoms with Gasteiger partial charge in [-0.3, -0.25) is 0 Å². The molecule has 0 aromatic heterocycles. The molecule has 1 unspecified atom stereocenters. The largest absolute Gasteiger partial charge is 0.381 e. The van der Waals surface area contributed by atoms with Crippen molar-refractivity contribution in [3.05, 3.63) is 24.3 Å². The summed E-state index contributed by atoms with van der Waals surface area (Å²) in [4.78, 5) is 2.32. The van der Waals surface area contributed by atoms with E-state index in [1.54, 1.807) is 0 Å². The lowest BCUT2D eigenvalue weighted by Gasteiger charge is -2.19. The van der Waals surface area contributed by atoms with Gasteiger partial charge >= 0.3 is 0 Å². The standard InChI is InChI=1S/C32H63NO/c1-5-7-9-11-13-14-15-16-17-18-19-20-21-22-24-26-30-34-31-32(28-29-33(3)4)27-25-23-12-10-8-6-2/h13-14,16-17,32H,5-12,15,18-31H2,1-4H3/b14-13-,17-16-. The van der Waals surface area contributed by atoms with Gasteiger partial charge in [0.2, 0.25) is 0 Å². The van der Waals surface area contributed by atoms with E-state index >= 15 is 0 Å². The van der Waals surface area contributed by atoms with E-state index in [4.69, 9.17) is 4.74 Å². The monoisotopic (exact) mass is 477 g/mol. The van der Waals surface area contributed by atoms with Crippen LogP contribution in [-0.2, 0) is 4.74 Å². The van der Waals surface area contributed by atoms with Crippen molar-refractivity contribution >= 4 is 0 Å². The Kier molecular flexibility index (Phi) is 28.1. The minimum Gasteiger partial charge on any atom is -0.381 e. The second-order valence-electron chi connectivity index (χ2n) is 10.7. The van der Waals surface area contributed by atoms with Crippen molar-refractivity contribution in [1.29, 1.82) is 0 Å². The number of ether oxygens (including phenoxy) is 1. The predicted octanol–water partition coefficient (Wildman–Crippen LogP) is 10.1. The topological polar surface area (TPSA) is 12.5 Å². The van der Waals surface area contributed by atoms with Crippen LogP contribution in [0.4, 0.5) is 0 Å². The van der Waals surface area contributed by atoms with Gasteiger partial charge in [0.25, 0.3) is 0 Å². The van der Waals surface area contributed by atoms with Gasteiger partial charge in [-0.2, -0.15) is 0 Å². The predicted molar refractivity (Wildman–Crippen MR) is 155 cm³/mol. The molecular formula is C32H63NO. The van der Waals surface area contributed by atoms with E-state index in [2.05, 4.69) is 57.1 Å². The molecule has 0 saturated carbocycles. The molecule has 0 N–H and O–H groups in total. The third-order valence-electron chi connectivity index (χ3n) is 6.79. The Morgan fingerprint density at radius 1 is 0.588 bits per heavy atom. The molecule has 202 valence electrons. The molecule has 0 bridgehead atoms. The molecule has 0 aromatic carbocycles. The number of hydrogen-bond acceptors (Lipinski definition) is 2. The van der Waals surface area contributed by atoms with Gasteiger partial charge in [0.1, 0.15) is 0 Å². The molecule has 0 aliphatic carbocycles. The summed E-state index contributed by atoms with van der Waals surface area (Å²) in [6.07, 6.45) is 36.1. The Balaban J connectivity index is 3.57. The molecule has 0 aliphatic rings. The number of nitrogens with zero attached hydrogens (tertiary/aromatic N) is 1. The van der Waals surface area contributed by atoms with Gasteiger partial charge in [-0.25, -0.2) is 0 Å². The number of allylic oxidation sites excluding steroid dienone is 4. The quantitative estimate of drug-likeness (QED) is 0.0861. The average Bonchev–Trinajstić information content (AvgIpc) is 2.83. The summed E-state index contributed by atoms with van der Waals surface area (Å²) in [5.74, 6) is 0.748. The van der Waals surface area contributed by atoms with Crippen LogP contribution in [0.25, 0.3) is 0 Å². The first-order valence-corrected chi connectivity index (χ1v) is 15.2. The van der Waals surface area contributed by atoms with E-state index in [1.165, 1.54) is 129 Å². The van der Waals surface area contributed by atoms with E-state index in [1.807, 2.05) is 0 Å².